The van der Waals surface area contributed by atoms with Crippen LogP contribution in [0, 0.1) is 10.1 Å². The van der Waals surface area contributed by atoms with Gasteiger partial charge in [-0.05, 0) is 17.7 Å². The molecule has 1 N–H and O–H groups in total. The van der Waals surface area contributed by atoms with Gasteiger partial charge >= 0.3 is 0 Å². The lowest BCUT2D eigenvalue weighted by molar-refractivity contribution is -0.491. The molecule has 0 radical (unpaired) electrons. The van der Waals surface area contributed by atoms with Crippen LogP contribution >= 0.6 is 0 Å². The molecule has 0 saturated carbocycles. The van der Waals surface area contributed by atoms with E-state index in [2.05, 4.69) is 0 Å². The van der Waals surface area contributed by atoms with Gasteiger partial charge in [-0.2, -0.15) is 0 Å². The molecule has 16 heavy (non-hydrogen) atoms. The molecule has 0 bridgehead atoms. The van der Waals surface area contributed by atoms with Crippen LogP contribution in [0.15, 0.2) is 18.2 Å². The fraction of sp³-hybridized carbons (Fsp3) is 0.400. The number of aliphatic hydroxyl groups excluding tert-OH is 1. The Bertz CT molecular complexity index is 357. The van der Waals surface area contributed by atoms with Gasteiger partial charge in [0, 0.05) is 11.0 Å². The molecule has 0 spiro atoms. The van der Waals surface area contributed by atoms with Crippen LogP contribution in [-0.4, -0.2) is 30.8 Å². The molecule has 0 aliphatic heterocycles. The Morgan fingerprint density at radius 1 is 1.31 bits per heavy atom. The van der Waals surface area contributed by atoms with E-state index in [0.717, 1.165) is 0 Å². The smallest absolute Gasteiger partial charge is 0.233 e. The Balaban J connectivity index is 2.97. The van der Waals surface area contributed by atoms with E-state index in [4.69, 9.17) is 9.47 Å². The molecule has 6 heteroatoms. The SMILES string of the molecule is COc1cc(OC)cc([C@H](O)C[N+](=O)[O-])c1. The molecule has 0 aromatic heterocycles. The number of rotatable bonds is 5. The molecule has 1 rings (SSSR count). The minimum Gasteiger partial charge on any atom is -0.497 e. The first-order chi connectivity index (χ1) is 7.56. The highest BCUT2D eigenvalue weighted by Crippen LogP contribution is 2.26. The molecule has 0 amide bonds. The third-order valence-corrected chi connectivity index (χ3v) is 2.08. The second kappa shape index (κ2) is 5.32. The van der Waals surface area contributed by atoms with Crippen molar-refractivity contribution >= 4 is 0 Å². The van der Waals surface area contributed by atoms with Crippen molar-refractivity contribution in [3.63, 3.8) is 0 Å². The number of nitro groups is 1. The fourth-order valence-electron chi connectivity index (χ4n) is 1.27. The van der Waals surface area contributed by atoms with Crippen molar-refractivity contribution in [2.24, 2.45) is 0 Å². The first kappa shape index (κ1) is 12.3. The largest absolute Gasteiger partial charge is 0.497 e. The van der Waals surface area contributed by atoms with Crippen LogP contribution in [0.25, 0.3) is 0 Å². The van der Waals surface area contributed by atoms with E-state index < -0.39 is 17.6 Å². The number of methoxy groups -OCH3 is 2. The molecular formula is C10H13NO5. The summed E-state index contributed by atoms with van der Waals surface area (Å²) in [5.41, 5.74) is 0.396. The predicted molar refractivity (Wildman–Crippen MR) is 56.4 cm³/mol. The molecule has 1 atom stereocenters. The summed E-state index contributed by atoms with van der Waals surface area (Å²) in [4.78, 5) is 9.70. The molecular weight excluding hydrogens is 214 g/mol. The maximum atomic E-state index is 10.3. The van der Waals surface area contributed by atoms with Crippen molar-refractivity contribution in [2.75, 3.05) is 20.8 Å². The van der Waals surface area contributed by atoms with Gasteiger partial charge in [0.05, 0.1) is 14.2 Å². The first-order valence-corrected chi connectivity index (χ1v) is 4.59. The standard InChI is InChI=1S/C10H13NO5/c1-15-8-3-7(4-9(5-8)16-2)10(12)6-11(13)14/h3-5,10,12H,6H2,1-2H3/t10-/m1/s1. The summed E-state index contributed by atoms with van der Waals surface area (Å²) in [5.74, 6) is 0.966. The minimum atomic E-state index is -1.17. The van der Waals surface area contributed by atoms with Crippen LogP contribution in [0.2, 0.25) is 0 Å². The molecule has 0 aliphatic carbocycles. The van der Waals surface area contributed by atoms with Crippen LogP contribution in [0.3, 0.4) is 0 Å². The summed E-state index contributed by atoms with van der Waals surface area (Å²) < 4.78 is 9.98. The van der Waals surface area contributed by atoms with Crippen molar-refractivity contribution in [1.29, 1.82) is 0 Å². The van der Waals surface area contributed by atoms with E-state index in [1.165, 1.54) is 26.4 Å². The fourth-order valence-corrected chi connectivity index (χ4v) is 1.27. The number of ether oxygens (including phenoxy) is 2. The average molecular weight is 227 g/mol. The van der Waals surface area contributed by atoms with Gasteiger partial charge in [0.15, 0.2) is 0 Å². The molecule has 88 valence electrons. The predicted octanol–water partition coefficient (Wildman–Crippen LogP) is 1.01. The van der Waals surface area contributed by atoms with Gasteiger partial charge in [-0.1, -0.05) is 0 Å². The van der Waals surface area contributed by atoms with Gasteiger partial charge < -0.3 is 14.6 Å². The Morgan fingerprint density at radius 3 is 2.19 bits per heavy atom. The zero-order valence-electron chi connectivity index (χ0n) is 9.04. The molecule has 1 aromatic rings. The van der Waals surface area contributed by atoms with Gasteiger partial charge in [-0.15, -0.1) is 0 Å². The van der Waals surface area contributed by atoms with E-state index in [-0.39, 0.29) is 0 Å². The molecule has 0 heterocycles. The molecule has 0 aliphatic rings. The Morgan fingerprint density at radius 2 is 1.81 bits per heavy atom. The molecule has 0 fully saturated rings. The molecule has 1 aromatic carbocycles. The Kier molecular flexibility index (Phi) is 4.07. The van der Waals surface area contributed by atoms with E-state index in [0.29, 0.717) is 17.1 Å². The molecule has 6 nitrogen and oxygen atoms in total. The molecule has 0 saturated heterocycles. The zero-order valence-corrected chi connectivity index (χ0v) is 9.04. The van der Waals surface area contributed by atoms with Gasteiger partial charge in [0.1, 0.15) is 17.6 Å². The van der Waals surface area contributed by atoms with Crippen LogP contribution in [0.4, 0.5) is 0 Å². The number of aliphatic hydroxyl groups is 1. The maximum absolute atomic E-state index is 10.3. The van der Waals surface area contributed by atoms with Crippen molar-refractivity contribution in [1.82, 2.24) is 0 Å². The lowest BCUT2D eigenvalue weighted by Gasteiger charge is -2.10. The third-order valence-electron chi connectivity index (χ3n) is 2.08. The monoisotopic (exact) mass is 227 g/mol. The number of nitrogens with zero attached hydrogens (tertiary/aromatic N) is 1. The van der Waals surface area contributed by atoms with Crippen molar-refractivity contribution < 1.29 is 19.5 Å². The summed E-state index contributed by atoms with van der Waals surface area (Å²) in [6.07, 6.45) is -1.17. The number of benzene rings is 1. The second-order valence-electron chi connectivity index (χ2n) is 3.18. The van der Waals surface area contributed by atoms with E-state index in [9.17, 15) is 15.2 Å². The zero-order chi connectivity index (χ0) is 12.1. The second-order valence-corrected chi connectivity index (χ2v) is 3.18. The summed E-state index contributed by atoms with van der Waals surface area (Å²) in [6, 6.07) is 4.70. The summed E-state index contributed by atoms with van der Waals surface area (Å²) in [7, 11) is 2.94. The van der Waals surface area contributed by atoms with E-state index in [1.54, 1.807) is 6.07 Å². The normalized spacial score (nSPS) is 11.9. The van der Waals surface area contributed by atoms with Crippen LogP contribution in [-0.2, 0) is 0 Å². The highest BCUT2D eigenvalue weighted by molar-refractivity contribution is 5.39. The average Bonchev–Trinajstić information content (AvgIpc) is 2.27. The van der Waals surface area contributed by atoms with Crippen LogP contribution in [0.1, 0.15) is 11.7 Å². The van der Waals surface area contributed by atoms with Crippen molar-refractivity contribution in [2.45, 2.75) is 6.10 Å². The Hall–Kier alpha value is -1.82. The van der Waals surface area contributed by atoms with Crippen LogP contribution in [0.5, 0.6) is 11.5 Å². The maximum Gasteiger partial charge on any atom is 0.233 e. The lowest BCUT2D eigenvalue weighted by Crippen LogP contribution is -2.12. The lowest BCUT2D eigenvalue weighted by atomic mass is 10.1. The Labute approximate surface area is 92.6 Å². The molecule has 0 unspecified atom stereocenters. The summed E-state index contributed by atoms with van der Waals surface area (Å²) in [6.45, 7) is -0.545. The van der Waals surface area contributed by atoms with Gasteiger partial charge in [0.25, 0.3) is 0 Å². The minimum absolute atomic E-state index is 0.396. The highest BCUT2D eigenvalue weighted by atomic mass is 16.6. The summed E-state index contributed by atoms with van der Waals surface area (Å²) >= 11 is 0. The third kappa shape index (κ3) is 3.09. The number of hydrogen-bond donors (Lipinski definition) is 1. The van der Waals surface area contributed by atoms with Crippen molar-refractivity contribution in [3.8, 4) is 11.5 Å². The number of hydrogen-bond acceptors (Lipinski definition) is 5. The quantitative estimate of drug-likeness (QED) is 0.599. The van der Waals surface area contributed by atoms with Crippen molar-refractivity contribution in [3.05, 3.63) is 33.9 Å². The van der Waals surface area contributed by atoms with Gasteiger partial charge in [0.2, 0.25) is 6.54 Å². The summed E-state index contributed by atoms with van der Waals surface area (Å²) in [5, 5.41) is 19.9. The van der Waals surface area contributed by atoms with Gasteiger partial charge in [-0.3, -0.25) is 10.1 Å². The highest BCUT2D eigenvalue weighted by Gasteiger charge is 2.16. The first-order valence-electron chi connectivity index (χ1n) is 4.59. The van der Waals surface area contributed by atoms with E-state index >= 15 is 0 Å². The topological polar surface area (TPSA) is 81.8 Å². The van der Waals surface area contributed by atoms with Crippen LogP contribution < -0.4 is 9.47 Å². The van der Waals surface area contributed by atoms with E-state index in [1.807, 2.05) is 0 Å². The van der Waals surface area contributed by atoms with Gasteiger partial charge in [-0.25, -0.2) is 0 Å².